The van der Waals surface area contributed by atoms with E-state index in [9.17, 15) is 9.18 Å². The monoisotopic (exact) mass is 196 g/mol. The average Bonchev–Trinajstić information content (AvgIpc) is 2.18. The van der Waals surface area contributed by atoms with Crippen LogP contribution >= 0.6 is 0 Å². The van der Waals surface area contributed by atoms with E-state index in [0.717, 1.165) is 5.56 Å². The van der Waals surface area contributed by atoms with Gasteiger partial charge in [0.1, 0.15) is 0 Å². The summed E-state index contributed by atoms with van der Waals surface area (Å²) in [7, 11) is 0. The van der Waals surface area contributed by atoms with Crippen molar-refractivity contribution in [3.8, 4) is 0 Å². The minimum Gasteiger partial charge on any atom is -0.464 e. The summed E-state index contributed by atoms with van der Waals surface area (Å²) in [6, 6.07) is 6.72. The molecule has 2 nitrogen and oxygen atoms in total. The first-order valence-corrected chi connectivity index (χ1v) is 4.52. The van der Waals surface area contributed by atoms with Gasteiger partial charge in [0.2, 0.25) is 6.17 Å². The predicted molar refractivity (Wildman–Crippen MR) is 51.7 cm³/mol. The quantitative estimate of drug-likeness (QED) is 0.694. The van der Waals surface area contributed by atoms with E-state index in [2.05, 4.69) is 4.74 Å². The molecule has 0 N–H and O–H groups in total. The number of rotatable bonds is 3. The van der Waals surface area contributed by atoms with Gasteiger partial charge < -0.3 is 4.74 Å². The third-order valence-corrected chi connectivity index (χ3v) is 1.86. The van der Waals surface area contributed by atoms with Crippen LogP contribution in [0, 0.1) is 6.92 Å². The second-order valence-electron chi connectivity index (χ2n) is 3.03. The summed E-state index contributed by atoms with van der Waals surface area (Å²) in [5.41, 5.74) is 1.37. The molecule has 1 unspecified atom stereocenters. The largest absolute Gasteiger partial charge is 0.464 e. The Kier molecular flexibility index (Phi) is 3.63. The van der Waals surface area contributed by atoms with E-state index < -0.39 is 12.1 Å². The lowest BCUT2D eigenvalue weighted by Crippen LogP contribution is -2.11. The van der Waals surface area contributed by atoms with Gasteiger partial charge in [-0.1, -0.05) is 29.8 Å². The van der Waals surface area contributed by atoms with Crippen LogP contribution in [-0.4, -0.2) is 12.6 Å². The molecule has 1 aromatic carbocycles. The van der Waals surface area contributed by atoms with Gasteiger partial charge in [-0.3, -0.25) is 0 Å². The Hall–Kier alpha value is -1.38. The Morgan fingerprint density at radius 2 is 2.00 bits per heavy atom. The summed E-state index contributed by atoms with van der Waals surface area (Å²) in [5.74, 6) is -0.823. The molecular weight excluding hydrogens is 183 g/mol. The van der Waals surface area contributed by atoms with E-state index in [0.29, 0.717) is 5.56 Å². The third kappa shape index (κ3) is 2.55. The molecule has 1 atom stereocenters. The molecule has 1 rings (SSSR count). The molecule has 14 heavy (non-hydrogen) atoms. The Labute approximate surface area is 82.7 Å². The van der Waals surface area contributed by atoms with Crippen molar-refractivity contribution in [3.05, 3.63) is 35.4 Å². The zero-order valence-electron chi connectivity index (χ0n) is 8.29. The molecule has 0 saturated carbocycles. The number of ether oxygens (including phenoxy) is 1. The molecule has 3 heteroatoms. The summed E-state index contributed by atoms with van der Waals surface area (Å²) in [4.78, 5) is 11.0. The fraction of sp³-hybridized carbons (Fsp3) is 0.364. The van der Waals surface area contributed by atoms with Gasteiger partial charge in [0.05, 0.1) is 6.61 Å². The molecule has 0 fully saturated rings. The molecule has 0 bridgehead atoms. The molecule has 0 saturated heterocycles. The van der Waals surface area contributed by atoms with Crippen molar-refractivity contribution in [2.24, 2.45) is 0 Å². The molecule has 0 aliphatic rings. The number of alkyl halides is 1. The van der Waals surface area contributed by atoms with Gasteiger partial charge in [-0.25, -0.2) is 9.18 Å². The number of benzene rings is 1. The summed E-state index contributed by atoms with van der Waals surface area (Å²) in [6.07, 6.45) is -1.67. The van der Waals surface area contributed by atoms with E-state index in [-0.39, 0.29) is 6.61 Å². The minimum absolute atomic E-state index is 0.200. The number of aryl methyl sites for hydroxylation is 1. The maximum absolute atomic E-state index is 13.4. The molecule has 0 radical (unpaired) electrons. The molecular formula is C11H13FO2. The van der Waals surface area contributed by atoms with Crippen molar-refractivity contribution >= 4 is 5.97 Å². The molecule has 0 spiro atoms. The third-order valence-electron chi connectivity index (χ3n) is 1.86. The van der Waals surface area contributed by atoms with E-state index in [1.54, 1.807) is 31.2 Å². The lowest BCUT2D eigenvalue weighted by Gasteiger charge is -2.07. The highest BCUT2D eigenvalue weighted by atomic mass is 19.1. The second-order valence-corrected chi connectivity index (χ2v) is 3.03. The maximum atomic E-state index is 13.4. The van der Waals surface area contributed by atoms with Gasteiger partial charge in [-0.2, -0.15) is 0 Å². The van der Waals surface area contributed by atoms with Gasteiger partial charge in [0, 0.05) is 0 Å². The van der Waals surface area contributed by atoms with Crippen molar-refractivity contribution in [3.63, 3.8) is 0 Å². The number of hydrogen-bond donors (Lipinski definition) is 0. The van der Waals surface area contributed by atoms with Crippen LogP contribution in [0.4, 0.5) is 4.39 Å². The zero-order chi connectivity index (χ0) is 10.6. The molecule has 0 aliphatic carbocycles. The SMILES string of the molecule is CCOC(=O)C(F)c1ccc(C)cc1. The smallest absolute Gasteiger partial charge is 0.345 e. The van der Waals surface area contributed by atoms with E-state index in [4.69, 9.17) is 0 Å². The first kappa shape index (κ1) is 10.7. The Bertz CT molecular complexity index is 306. The van der Waals surface area contributed by atoms with Crippen LogP contribution in [0.15, 0.2) is 24.3 Å². The Morgan fingerprint density at radius 3 is 2.50 bits per heavy atom. The second kappa shape index (κ2) is 4.74. The van der Waals surface area contributed by atoms with Crippen LogP contribution in [-0.2, 0) is 9.53 Å². The Morgan fingerprint density at radius 1 is 1.43 bits per heavy atom. The lowest BCUT2D eigenvalue weighted by atomic mass is 10.1. The van der Waals surface area contributed by atoms with Crippen molar-refractivity contribution in [2.45, 2.75) is 20.0 Å². The normalized spacial score (nSPS) is 12.2. The summed E-state index contributed by atoms with van der Waals surface area (Å²) in [6.45, 7) is 3.76. The minimum atomic E-state index is -1.67. The van der Waals surface area contributed by atoms with Crippen LogP contribution in [0.1, 0.15) is 24.2 Å². The van der Waals surface area contributed by atoms with Crippen LogP contribution < -0.4 is 0 Å². The van der Waals surface area contributed by atoms with Gasteiger partial charge in [0.15, 0.2) is 0 Å². The number of carbonyl (C=O) groups excluding carboxylic acids is 1. The van der Waals surface area contributed by atoms with Crippen LogP contribution in [0.3, 0.4) is 0 Å². The first-order chi connectivity index (χ1) is 6.65. The highest BCUT2D eigenvalue weighted by Crippen LogP contribution is 2.19. The van der Waals surface area contributed by atoms with Gasteiger partial charge in [0.25, 0.3) is 0 Å². The van der Waals surface area contributed by atoms with Crippen molar-refractivity contribution < 1.29 is 13.9 Å². The van der Waals surface area contributed by atoms with Gasteiger partial charge in [-0.15, -0.1) is 0 Å². The number of carbonyl (C=O) groups is 1. The standard InChI is InChI=1S/C11H13FO2/c1-3-14-11(13)10(12)9-6-4-8(2)5-7-9/h4-7,10H,3H2,1-2H3. The van der Waals surface area contributed by atoms with Gasteiger partial charge >= 0.3 is 5.97 Å². The molecule has 76 valence electrons. The summed E-state index contributed by atoms with van der Waals surface area (Å²) < 4.78 is 17.9. The predicted octanol–water partition coefficient (Wildman–Crippen LogP) is 2.57. The highest BCUT2D eigenvalue weighted by Gasteiger charge is 2.20. The molecule has 1 aromatic rings. The molecule has 0 amide bonds. The Balaban J connectivity index is 2.73. The lowest BCUT2D eigenvalue weighted by molar-refractivity contribution is -0.149. The molecule has 0 aromatic heterocycles. The van der Waals surface area contributed by atoms with Crippen LogP contribution in [0.5, 0.6) is 0 Å². The summed E-state index contributed by atoms with van der Waals surface area (Å²) >= 11 is 0. The average molecular weight is 196 g/mol. The van der Waals surface area contributed by atoms with E-state index in [1.165, 1.54) is 0 Å². The fourth-order valence-corrected chi connectivity index (χ4v) is 1.09. The van der Waals surface area contributed by atoms with Gasteiger partial charge in [-0.05, 0) is 19.4 Å². The fourth-order valence-electron chi connectivity index (χ4n) is 1.09. The number of hydrogen-bond acceptors (Lipinski definition) is 2. The van der Waals surface area contributed by atoms with Crippen molar-refractivity contribution in [1.82, 2.24) is 0 Å². The number of halogens is 1. The van der Waals surface area contributed by atoms with Crippen LogP contribution in [0.25, 0.3) is 0 Å². The molecule has 0 aliphatic heterocycles. The highest BCUT2D eigenvalue weighted by molar-refractivity contribution is 5.76. The van der Waals surface area contributed by atoms with E-state index >= 15 is 0 Å². The summed E-state index contributed by atoms with van der Waals surface area (Å²) in [5, 5.41) is 0. The topological polar surface area (TPSA) is 26.3 Å². The van der Waals surface area contributed by atoms with E-state index in [1.807, 2.05) is 6.92 Å². The van der Waals surface area contributed by atoms with Crippen LogP contribution in [0.2, 0.25) is 0 Å². The zero-order valence-corrected chi connectivity index (χ0v) is 8.29. The van der Waals surface area contributed by atoms with Crippen molar-refractivity contribution in [2.75, 3.05) is 6.61 Å². The maximum Gasteiger partial charge on any atom is 0.345 e. The first-order valence-electron chi connectivity index (χ1n) is 4.52. The van der Waals surface area contributed by atoms with Crippen molar-refractivity contribution in [1.29, 1.82) is 0 Å². The number of esters is 1. The molecule has 0 heterocycles.